The molecule has 1 unspecified atom stereocenters. The maximum atomic E-state index is 12.1. The third kappa shape index (κ3) is 13.9. The fraction of sp³-hybridized carbons (Fsp3) is 0.444. The molecule has 1 aromatic carbocycles. The summed E-state index contributed by atoms with van der Waals surface area (Å²) < 4.78 is 0. The molecule has 0 N–H and O–H groups in total. The molecule has 0 bridgehead atoms. The first-order chi connectivity index (χ1) is 14.3. The van der Waals surface area contributed by atoms with Crippen LogP contribution < -0.4 is 0 Å². The number of benzene rings is 1. The molecule has 2 heteroatoms. The lowest BCUT2D eigenvalue weighted by molar-refractivity contribution is -0.118. The highest BCUT2D eigenvalue weighted by Gasteiger charge is 2.16. The zero-order chi connectivity index (χ0) is 21.0. The quantitative estimate of drug-likeness (QED) is 0.151. The SMILES string of the molecule is CCCCC/C=C\C/C=C\C/C=C\C/C=C\CCCC(=O)C(Cl)c1ccccc1. The van der Waals surface area contributed by atoms with Gasteiger partial charge in [-0.2, -0.15) is 0 Å². The summed E-state index contributed by atoms with van der Waals surface area (Å²) in [6.45, 7) is 2.24. The molecule has 0 spiro atoms. The van der Waals surface area contributed by atoms with Crippen LogP contribution in [0.15, 0.2) is 78.9 Å². The second-order valence-corrected chi connectivity index (χ2v) is 7.66. The average molecular weight is 413 g/mol. The maximum absolute atomic E-state index is 12.1. The lowest BCUT2D eigenvalue weighted by Gasteiger charge is -2.07. The third-order valence-corrected chi connectivity index (χ3v) is 5.12. The number of unbranched alkanes of at least 4 members (excludes halogenated alkanes) is 4. The van der Waals surface area contributed by atoms with Gasteiger partial charge in [-0.25, -0.2) is 0 Å². The highest BCUT2D eigenvalue weighted by Crippen LogP contribution is 2.23. The molecule has 0 heterocycles. The Kier molecular flexibility index (Phi) is 15.8. The molecule has 1 rings (SSSR count). The summed E-state index contributed by atoms with van der Waals surface area (Å²) in [4.78, 5) is 12.1. The van der Waals surface area contributed by atoms with Crippen molar-refractivity contribution in [2.45, 2.75) is 76.5 Å². The summed E-state index contributed by atoms with van der Waals surface area (Å²) in [7, 11) is 0. The Morgan fingerprint density at radius 1 is 0.793 bits per heavy atom. The number of hydrogen-bond donors (Lipinski definition) is 0. The first kappa shape index (κ1) is 25.2. The van der Waals surface area contributed by atoms with Crippen molar-refractivity contribution in [3.05, 3.63) is 84.5 Å². The van der Waals surface area contributed by atoms with Crippen LogP contribution in [0.5, 0.6) is 0 Å². The van der Waals surface area contributed by atoms with Crippen molar-refractivity contribution in [1.29, 1.82) is 0 Å². The van der Waals surface area contributed by atoms with Gasteiger partial charge in [-0.05, 0) is 50.5 Å². The van der Waals surface area contributed by atoms with Crippen LogP contribution in [0, 0.1) is 0 Å². The van der Waals surface area contributed by atoms with E-state index in [-0.39, 0.29) is 5.78 Å². The molecule has 158 valence electrons. The van der Waals surface area contributed by atoms with Gasteiger partial charge in [0.2, 0.25) is 0 Å². The van der Waals surface area contributed by atoms with Crippen molar-refractivity contribution in [2.24, 2.45) is 0 Å². The maximum Gasteiger partial charge on any atom is 0.155 e. The Morgan fingerprint density at radius 3 is 1.86 bits per heavy atom. The number of halogens is 1. The van der Waals surface area contributed by atoms with E-state index in [1.807, 2.05) is 30.3 Å². The fourth-order valence-electron chi connectivity index (χ4n) is 2.89. The van der Waals surface area contributed by atoms with E-state index in [4.69, 9.17) is 11.6 Å². The number of hydrogen-bond acceptors (Lipinski definition) is 1. The van der Waals surface area contributed by atoms with Crippen LogP contribution in [-0.2, 0) is 4.79 Å². The van der Waals surface area contributed by atoms with Crippen molar-refractivity contribution in [3.8, 4) is 0 Å². The molecule has 0 aromatic heterocycles. The topological polar surface area (TPSA) is 17.1 Å². The minimum atomic E-state index is -0.521. The second kappa shape index (κ2) is 18.2. The molecule has 0 radical (unpaired) electrons. The molecule has 0 aliphatic heterocycles. The normalized spacial score (nSPS) is 13.3. The minimum absolute atomic E-state index is 0.105. The lowest BCUT2D eigenvalue weighted by atomic mass is 10.0. The summed E-state index contributed by atoms with van der Waals surface area (Å²) in [5.74, 6) is 0.105. The van der Waals surface area contributed by atoms with Gasteiger partial charge in [0.1, 0.15) is 5.38 Å². The largest absolute Gasteiger partial charge is 0.298 e. The zero-order valence-electron chi connectivity index (χ0n) is 17.9. The number of rotatable bonds is 16. The van der Waals surface area contributed by atoms with E-state index in [9.17, 15) is 4.79 Å². The van der Waals surface area contributed by atoms with Crippen LogP contribution in [0.2, 0.25) is 0 Å². The lowest BCUT2D eigenvalue weighted by Crippen LogP contribution is -2.06. The molecule has 0 saturated carbocycles. The molecular weight excluding hydrogens is 376 g/mol. The molecule has 0 fully saturated rings. The summed E-state index contributed by atoms with van der Waals surface area (Å²) in [6.07, 6.45) is 28.1. The monoisotopic (exact) mass is 412 g/mol. The Labute approximate surface area is 183 Å². The van der Waals surface area contributed by atoms with E-state index >= 15 is 0 Å². The van der Waals surface area contributed by atoms with Crippen molar-refractivity contribution in [2.75, 3.05) is 0 Å². The molecular formula is C27H37ClO. The van der Waals surface area contributed by atoms with Gasteiger partial charge in [-0.15, -0.1) is 11.6 Å². The van der Waals surface area contributed by atoms with Crippen molar-refractivity contribution in [3.63, 3.8) is 0 Å². The number of ketones is 1. The van der Waals surface area contributed by atoms with Crippen molar-refractivity contribution in [1.82, 2.24) is 0 Å². The Bertz CT molecular complexity index is 640. The first-order valence-corrected chi connectivity index (χ1v) is 11.5. The summed E-state index contributed by atoms with van der Waals surface area (Å²) in [5, 5.41) is -0.521. The summed E-state index contributed by atoms with van der Waals surface area (Å²) >= 11 is 6.25. The molecule has 29 heavy (non-hydrogen) atoms. The predicted molar refractivity (Wildman–Crippen MR) is 128 cm³/mol. The molecule has 0 aliphatic carbocycles. The van der Waals surface area contributed by atoms with E-state index in [1.54, 1.807) is 0 Å². The number of allylic oxidation sites excluding steroid dienone is 8. The molecule has 0 aliphatic rings. The van der Waals surface area contributed by atoms with Gasteiger partial charge in [0.25, 0.3) is 0 Å². The Morgan fingerprint density at radius 2 is 1.31 bits per heavy atom. The number of Topliss-reactive ketones (excluding diaryl/α,β-unsaturated/α-hetero) is 1. The van der Waals surface area contributed by atoms with Crippen LogP contribution in [-0.4, -0.2) is 5.78 Å². The van der Waals surface area contributed by atoms with Crippen LogP contribution in [0.1, 0.15) is 82.1 Å². The smallest absolute Gasteiger partial charge is 0.155 e. The second-order valence-electron chi connectivity index (χ2n) is 7.22. The highest BCUT2D eigenvalue weighted by atomic mass is 35.5. The minimum Gasteiger partial charge on any atom is -0.298 e. The van der Waals surface area contributed by atoms with E-state index in [1.165, 1.54) is 25.7 Å². The van der Waals surface area contributed by atoms with Crippen LogP contribution in [0.25, 0.3) is 0 Å². The fourth-order valence-corrected chi connectivity index (χ4v) is 3.14. The summed E-state index contributed by atoms with van der Waals surface area (Å²) in [6, 6.07) is 9.57. The van der Waals surface area contributed by atoms with Gasteiger partial charge < -0.3 is 0 Å². The van der Waals surface area contributed by atoms with Gasteiger partial charge in [-0.1, -0.05) is 98.7 Å². The molecule has 0 saturated heterocycles. The predicted octanol–water partition coefficient (Wildman–Crippen LogP) is 8.68. The number of carbonyl (C=O) groups excluding carboxylic acids is 1. The zero-order valence-corrected chi connectivity index (χ0v) is 18.7. The Balaban J connectivity index is 2.02. The van der Waals surface area contributed by atoms with Crippen LogP contribution >= 0.6 is 11.6 Å². The molecule has 1 aromatic rings. The summed E-state index contributed by atoms with van der Waals surface area (Å²) in [5.41, 5.74) is 0.886. The van der Waals surface area contributed by atoms with Gasteiger partial charge in [0, 0.05) is 6.42 Å². The molecule has 0 amide bonds. The first-order valence-electron chi connectivity index (χ1n) is 11.1. The standard InChI is InChI=1S/C27H37ClO/c1-2-3-4-5-6-7-8-9-10-11-12-13-14-15-16-17-21-24-26(29)27(28)25-22-19-18-20-23-25/h6-7,9-10,12-13,15-16,18-20,22-23,27H,2-5,8,11,14,17,21,24H2,1H3/b7-6-,10-9-,13-12-,16-15-. The number of carbonyl (C=O) groups is 1. The van der Waals surface area contributed by atoms with Crippen LogP contribution in [0.4, 0.5) is 0 Å². The van der Waals surface area contributed by atoms with Gasteiger partial charge in [0.15, 0.2) is 5.78 Å². The van der Waals surface area contributed by atoms with Crippen molar-refractivity contribution < 1.29 is 4.79 Å². The van der Waals surface area contributed by atoms with E-state index in [0.717, 1.165) is 37.7 Å². The highest BCUT2D eigenvalue weighted by molar-refractivity contribution is 6.31. The average Bonchev–Trinajstić information content (AvgIpc) is 2.75. The molecule has 1 nitrogen and oxygen atoms in total. The van der Waals surface area contributed by atoms with Gasteiger partial charge >= 0.3 is 0 Å². The van der Waals surface area contributed by atoms with Crippen molar-refractivity contribution >= 4 is 17.4 Å². The van der Waals surface area contributed by atoms with E-state index in [0.29, 0.717) is 6.42 Å². The van der Waals surface area contributed by atoms with Crippen LogP contribution in [0.3, 0.4) is 0 Å². The van der Waals surface area contributed by atoms with Gasteiger partial charge in [0.05, 0.1) is 0 Å². The van der Waals surface area contributed by atoms with E-state index < -0.39 is 5.38 Å². The Hall–Kier alpha value is -1.86. The van der Waals surface area contributed by atoms with Gasteiger partial charge in [-0.3, -0.25) is 4.79 Å². The number of alkyl halides is 1. The van der Waals surface area contributed by atoms with E-state index in [2.05, 4.69) is 55.5 Å². The molecule has 1 atom stereocenters. The third-order valence-electron chi connectivity index (χ3n) is 4.63.